The van der Waals surface area contributed by atoms with Crippen LogP contribution in [0.15, 0.2) is 72.9 Å². The summed E-state index contributed by atoms with van der Waals surface area (Å²) in [6.45, 7) is 3.51. The van der Waals surface area contributed by atoms with Gasteiger partial charge in [-0.2, -0.15) is 8.42 Å². The van der Waals surface area contributed by atoms with Crippen LogP contribution in [0.3, 0.4) is 0 Å². The molecule has 0 spiro atoms. The van der Waals surface area contributed by atoms with Gasteiger partial charge in [-0.3, -0.25) is 14.1 Å². The van der Waals surface area contributed by atoms with Crippen molar-refractivity contribution < 1.29 is 56.8 Å². The van der Waals surface area contributed by atoms with Crippen LogP contribution >= 0.6 is 0 Å². The first kappa shape index (κ1) is 51.1. The van der Waals surface area contributed by atoms with Crippen LogP contribution in [0, 0.1) is 0 Å². The molecule has 1 rings (SSSR count). The third kappa shape index (κ3) is 27.6. The smallest absolute Gasteiger partial charge is 0.306 e. The highest BCUT2D eigenvalue weighted by molar-refractivity contribution is 7.85. The molecular formula is C43H70O12S. The molecule has 12 nitrogen and oxygen atoms in total. The predicted octanol–water partition coefficient (Wildman–Crippen LogP) is 7.55. The molecule has 1 heterocycles. The molecule has 0 radical (unpaired) electrons. The van der Waals surface area contributed by atoms with Crippen molar-refractivity contribution in [2.45, 2.75) is 166 Å². The zero-order chi connectivity index (χ0) is 41.3. The summed E-state index contributed by atoms with van der Waals surface area (Å²) in [4.78, 5) is 25.3. The largest absolute Gasteiger partial charge is 0.462 e. The van der Waals surface area contributed by atoms with Gasteiger partial charge in [0.2, 0.25) is 0 Å². The van der Waals surface area contributed by atoms with Gasteiger partial charge in [-0.25, -0.2) is 0 Å². The minimum atomic E-state index is -4.61. The molecule has 320 valence electrons. The van der Waals surface area contributed by atoms with Crippen molar-refractivity contribution in [1.82, 2.24) is 0 Å². The Kier molecular flexibility index (Phi) is 30.2. The molecule has 0 aromatic carbocycles. The maximum atomic E-state index is 12.7. The molecule has 0 bridgehead atoms. The van der Waals surface area contributed by atoms with Crippen LogP contribution in [0.2, 0.25) is 0 Å². The Hall–Kier alpha value is -2.91. The number of carbonyl (C=O) groups is 2. The summed E-state index contributed by atoms with van der Waals surface area (Å²) in [5, 5.41) is 30.8. The van der Waals surface area contributed by atoms with Crippen LogP contribution in [-0.2, 0) is 38.7 Å². The van der Waals surface area contributed by atoms with Crippen LogP contribution in [0.5, 0.6) is 0 Å². The third-order valence-electron chi connectivity index (χ3n) is 8.77. The Morgan fingerprint density at radius 2 is 1.14 bits per heavy atom. The number of esters is 2. The predicted molar refractivity (Wildman–Crippen MR) is 219 cm³/mol. The quantitative estimate of drug-likeness (QED) is 0.0227. The summed E-state index contributed by atoms with van der Waals surface area (Å²) < 4.78 is 53.8. The van der Waals surface area contributed by atoms with Crippen LogP contribution in [0.4, 0.5) is 0 Å². The summed E-state index contributed by atoms with van der Waals surface area (Å²) in [6, 6.07) is 0. The first-order valence-corrected chi connectivity index (χ1v) is 22.1. The second-order valence-corrected chi connectivity index (χ2v) is 15.4. The van der Waals surface area contributed by atoms with Crippen LogP contribution in [0.1, 0.15) is 129 Å². The highest BCUT2D eigenvalue weighted by atomic mass is 32.2. The lowest BCUT2D eigenvalue weighted by atomic mass is 10.00. The SMILES string of the molecule is CC/C=C/C/C=C/C/C=C/C/C=C/C/C=C/CCCC(=O)OC[C@H](CO[C@H]1O[C@H](CS(=O)(=O)O)[C@@H](O)C(O)C1O)OC(=O)CCCCCCC/C=C/CCCC. The van der Waals surface area contributed by atoms with Gasteiger partial charge in [0.05, 0.1) is 6.61 Å². The average molecular weight is 811 g/mol. The number of allylic oxidation sites excluding steroid dienone is 12. The zero-order valence-corrected chi connectivity index (χ0v) is 34.5. The number of carbonyl (C=O) groups excluding carboxylic acids is 2. The van der Waals surface area contributed by atoms with Crippen LogP contribution < -0.4 is 0 Å². The van der Waals surface area contributed by atoms with Crippen molar-refractivity contribution >= 4 is 22.1 Å². The van der Waals surface area contributed by atoms with Crippen LogP contribution in [0.25, 0.3) is 0 Å². The molecule has 0 amide bonds. The molecule has 0 aliphatic carbocycles. The highest BCUT2D eigenvalue weighted by Gasteiger charge is 2.46. The van der Waals surface area contributed by atoms with E-state index in [9.17, 15) is 37.9 Å². The summed E-state index contributed by atoms with van der Waals surface area (Å²) >= 11 is 0. The Labute approximate surface area is 336 Å². The van der Waals surface area contributed by atoms with Gasteiger partial charge in [-0.05, 0) is 70.6 Å². The van der Waals surface area contributed by atoms with E-state index in [-0.39, 0.29) is 19.4 Å². The standard InChI is InChI=1S/C43H70O12S/c1-3-5-7-9-11-13-15-16-17-18-19-20-22-23-25-27-29-31-38(44)52-33-36(54-39(45)32-30-28-26-24-21-14-12-10-8-6-4-2)34-53-43-42(48)41(47)40(46)37(55-43)35-56(49,50)51/h5,7,10-13,16-17,19-20,23,25,36-37,40-43,46-48H,3-4,6,8-9,14-15,18,21-22,24,26-35H2,1-2H3,(H,49,50,51)/b7-5+,12-10+,13-11+,17-16+,20-19+,25-23+/t36-,37-,40-,41?,42?,43+/m1/s1. The summed E-state index contributed by atoms with van der Waals surface area (Å²) in [5.41, 5.74) is 0. The van der Waals surface area contributed by atoms with Crippen molar-refractivity contribution in [3.05, 3.63) is 72.9 Å². The fraction of sp³-hybridized carbons (Fsp3) is 0.674. The number of rotatable bonds is 32. The molecule has 1 saturated heterocycles. The van der Waals surface area contributed by atoms with Crippen molar-refractivity contribution in [2.75, 3.05) is 19.0 Å². The Morgan fingerprint density at radius 1 is 0.625 bits per heavy atom. The number of hydrogen-bond donors (Lipinski definition) is 4. The van der Waals surface area contributed by atoms with E-state index in [0.29, 0.717) is 19.3 Å². The van der Waals surface area contributed by atoms with Crippen LogP contribution in [-0.4, -0.2) is 96.0 Å². The van der Waals surface area contributed by atoms with Crippen molar-refractivity contribution in [3.63, 3.8) is 0 Å². The molecule has 1 fully saturated rings. The first-order valence-electron chi connectivity index (χ1n) is 20.5. The minimum Gasteiger partial charge on any atom is -0.462 e. The van der Waals surface area contributed by atoms with Crippen molar-refractivity contribution in [1.29, 1.82) is 0 Å². The van der Waals surface area contributed by atoms with Gasteiger partial charge < -0.3 is 34.3 Å². The van der Waals surface area contributed by atoms with E-state index in [4.69, 9.17) is 18.9 Å². The number of aliphatic hydroxyl groups excluding tert-OH is 3. The second kappa shape index (κ2) is 33.1. The number of ether oxygens (including phenoxy) is 4. The van der Waals surface area contributed by atoms with E-state index < -0.39 is 71.2 Å². The number of hydrogen-bond acceptors (Lipinski definition) is 11. The van der Waals surface area contributed by atoms with E-state index in [1.807, 2.05) is 12.2 Å². The molecule has 1 aliphatic rings. The van der Waals surface area contributed by atoms with E-state index in [0.717, 1.165) is 70.6 Å². The molecule has 4 N–H and O–H groups in total. The van der Waals surface area contributed by atoms with Gasteiger partial charge in [0.25, 0.3) is 10.1 Å². The van der Waals surface area contributed by atoms with Crippen molar-refractivity contribution in [3.8, 4) is 0 Å². The fourth-order valence-corrected chi connectivity index (χ4v) is 6.26. The number of aliphatic hydroxyl groups is 3. The summed E-state index contributed by atoms with van der Waals surface area (Å²) in [7, 11) is -4.61. The Bertz CT molecular complexity index is 1320. The van der Waals surface area contributed by atoms with Gasteiger partial charge in [0.1, 0.15) is 36.8 Å². The Balaban J connectivity index is 2.54. The summed E-state index contributed by atoms with van der Waals surface area (Å²) in [6.07, 6.45) is 31.1. The van der Waals surface area contributed by atoms with Gasteiger partial charge in [-0.1, -0.05) is 119 Å². The average Bonchev–Trinajstić information content (AvgIpc) is 3.16. The lowest BCUT2D eigenvalue weighted by molar-refractivity contribution is -0.297. The monoisotopic (exact) mass is 810 g/mol. The van der Waals surface area contributed by atoms with Gasteiger partial charge in [0.15, 0.2) is 12.4 Å². The molecule has 56 heavy (non-hydrogen) atoms. The lowest BCUT2D eigenvalue weighted by Gasteiger charge is -2.40. The highest BCUT2D eigenvalue weighted by Crippen LogP contribution is 2.24. The molecule has 1 aliphatic heterocycles. The maximum absolute atomic E-state index is 12.7. The van der Waals surface area contributed by atoms with E-state index in [1.165, 1.54) is 12.8 Å². The molecule has 0 aromatic rings. The van der Waals surface area contributed by atoms with E-state index in [2.05, 4.69) is 74.6 Å². The third-order valence-corrected chi connectivity index (χ3v) is 9.52. The zero-order valence-electron chi connectivity index (χ0n) is 33.7. The maximum Gasteiger partial charge on any atom is 0.306 e. The lowest BCUT2D eigenvalue weighted by Crippen LogP contribution is -2.60. The van der Waals surface area contributed by atoms with E-state index >= 15 is 0 Å². The van der Waals surface area contributed by atoms with E-state index in [1.54, 1.807) is 0 Å². The van der Waals surface area contributed by atoms with Gasteiger partial charge in [0, 0.05) is 12.8 Å². The topological polar surface area (TPSA) is 186 Å². The first-order chi connectivity index (χ1) is 27.0. The number of unbranched alkanes of at least 4 members (excludes halogenated alkanes) is 8. The van der Waals surface area contributed by atoms with Gasteiger partial charge in [-0.15, -0.1) is 0 Å². The van der Waals surface area contributed by atoms with Gasteiger partial charge >= 0.3 is 11.9 Å². The minimum absolute atomic E-state index is 0.135. The molecule has 13 heteroatoms. The molecule has 6 atom stereocenters. The molecule has 0 aromatic heterocycles. The van der Waals surface area contributed by atoms with Crippen molar-refractivity contribution in [2.24, 2.45) is 0 Å². The second-order valence-electron chi connectivity index (χ2n) is 13.9. The Morgan fingerprint density at radius 3 is 1.75 bits per heavy atom. The molecule has 0 saturated carbocycles. The molecular weight excluding hydrogens is 741 g/mol. The normalized spacial score (nSPS) is 21.4. The summed E-state index contributed by atoms with van der Waals surface area (Å²) in [5.74, 6) is -2.08. The molecule has 2 unspecified atom stereocenters. The fourth-order valence-electron chi connectivity index (χ4n) is 5.57.